The van der Waals surface area contributed by atoms with Gasteiger partial charge in [0.2, 0.25) is 5.91 Å². The van der Waals surface area contributed by atoms with Crippen LogP contribution in [0.4, 0.5) is 5.13 Å². The van der Waals surface area contributed by atoms with Crippen molar-refractivity contribution in [2.75, 3.05) is 11.9 Å². The van der Waals surface area contributed by atoms with E-state index in [0.29, 0.717) is 10.8 Å². The van der Waals surface area contributed by atoms with E-state index in [4.69, 9.17) is 16.2 Å². The maximum Gasteiger partial charge on any atom is 0.337 e. The minimum atomic E-state index is -1.02. The summed E-state index contributed by atoms with van der Waals surface area (Å²) in [5, 5.41) is 4.46. The van der Waals surface area contributed by atoms with Crippen molar-refractivity contribution in [3.05, 3.63) is 11.1 Å². The first kappa shape index (κ1) is 14.9. The molecule has 0 aromatic carbocycles. The number of guanidine groups is 1. The number of nitrogens with one attached hydrogen (secondary N) is 1. The summed E-state index contributed by atoms with van der Waals surface area (Å²) in [5.41, 5.74) is 10.9. The van der Waals surface area contributed by atoms with Crippen LogP contribution >= 0.6 is 11.3 Å². The van der Waals surface area contributed by atoms with Crippen LogP contribution < -0.4 is 16.8 Å². The van der Waals surface area contributed by atoms with Gasteiger partial charge in [-0.15, -0.1) is 11.3 Å². The van der Waals surface area contributed by atoms with Crippen molar-refractivity contribution in [1.29, 1.82) is 0 Å². The number of aliphatic imine (C=N–C) groups is 1. The number of esters is 1. The molecule has 0 aliphatic rings. The molecule has 1 unspecified atom stereocenters. The van der Waals surface area contributed by atoms with Gasteiger partial charge in [-0.2, -0.15) is 0 Å². The quantitative estimate of drug-likeness (QED) is 0.395. The fraction of sp³-hybridized carbons (Fsp3) is 0.400. The summed E-state index contributed by atoms with van der Waals surface area (Å²) >= 11 is 1.17. The fourth-order valence-corrected chi connectivity index (χ4v) is 2.00. The van der Waals surface area contributed by atoms with Crippen LogP contribution in [-0.2, 0) is 14.3 Å². The Labute approximate surface area is 113 Å². The Morgan fingerprint density at radius 2 is 2.26 bits per heavy atom. The molecular weight excluding hydrogens is 270 g/mol. The Morgan fingerprint density at radius 3 is 2.79 bits per heavy atom. The summed E-state index contributed by atoms with van der Waals surface area (Å²) in [7, 11) is 0. The van der Waals surface area contributed by atoms with Gasteiger partial charge in [-0.3, -0.25) is 4.79 Å². The minimum absolute atomic E-state index is 0.206. The lowest BCUT2D eigenvalue weighted by atomic mass is 10.2. The predicted molar refractivity (Wildman–Crippen MR) is 71.6 cm³/mol. The Balaban J connectivity index is 2.97. The first-order valence-electron chi connectivity index (χ1n) is 5.42. The van der Waals surface area contributed by atoms with Crippen LogP contribution in [0, 0.1) is 0 Å². The number of ether oxygens (including phenoxy) is 1. The fourth-order valence-electron chi connectivity index (χ4n) is 1.23. The van der Waals surface area contributed by atoms with Crippen molar-refractivity contribution in [1.82, 2.24) is 4.98 Å². The summed E-state index contributed by atoms with van der Waals surface area (Å²) in [6.45, 7) is 3.24. The Kier molecular flexibility index (Phi) is 5.24. The highest BCUT2D eigenvalue weighted by Crippen LogP contribution is 2.24. The number of carbonyl (C=O) groups excluding carboxylic acids is 2. The highest BCUT2D eigenvalue weighted by molar-refractivity contribution is 7.13. The third-order valence-electron chi connectivity index (χ3n) is 1.87. The summed E-state index contributed by atoms with van der Waals surface area (Å²) in [6.07, 6.45) is 0. The van der Waals surface area contributed by atoms with Crippen molar-refractivity contribution >= 4 is 34.3 Å². The van der Waals surface area contributed by atoms with Crippen LogP contribution in [0.15, 0.2) is 10.4 Å². The third kappa shape index (κ3) is 4.54. The van der Waals surface area contributed by atoms with Crippen LogP contribution in [0.25, 0.3) is 0 Å². The molecule has 0 spiro atoms. The van der Waals surface area contributed by atoms with E-state index in [0.717, 1.165) is 0 Å². The van der Waals surface area contributed by atoms with Gasteiger partial charge in [-0.1, -0.05) is 0 Å². The van der Waals surface area contributed by atoms with Crippen LogP contribution in [0.2, 0.25) is 0 Å². The molecule has 5 N–H and O–H groups in total. The van der Waals surface area contributed by atoms with Crippen molar-refractivity contribution in [3.8, 4) is 0 Å². The second-order valence-corrected chi connectivity index (χ2v) is 4.33. The lowest BCUT2D eigenvalue weighted by Gasteiger charge is -2.09. The third-order valence-corrected chi connectivity index (χ3v) is 2.65. The largest absolute Gasteiger partial charge is 0.464 e. The number of hydrogen-bond donors (Lipinski definition) is 3. The maximum absolute atomic E-state index is 11.7. The first-order chi connectivity index (χ1) is 8.93. The number of amides is 1. The van der Waals surface area contributed by atoms with Crippen molar-refractivity contribution in [2.24, 2.45) is 16.5 Å². The Bertz CT molecular complexity index is 495. The lowest BCUT2D eigenvalue weighted by Crippen LogP contribution is -2.26. The SMILES string of the molecule is CCOC(=O)C(N=C(N)N)c1csc(NC(C)=O)n1. The topological polar surface area (TPSA) is 133 Å². The molecule has 1 rings (SSSR count). The molecule has 1 atom stereocenters. The van der Waals surface area contributed by atoms with E-state index in [9.17, 15) is 9.59 Å². The Hall–Kier alpha value is -2.16. The molecule has 0 radical (unpaired) electrons. The zero-order valence-electron chi connectivity index (χ0n) is 10.5. The number of nitrogens with zero attached hydrogens (tertiary/aromatic N) is 2. The molecular formula is C10H15N5O3S. The molecule has 104 valence electrons. The van der Waals surface area contributed by atoms with Gasteiger partial charge in [0.15, 0.2) is 17.1 Å². The molecule has 0 bridgehead atoms. The second-order valence-electron chi connectivity index (χ2n) is 3.47. The van der Waals surface area contributed by atoms with Crippen LogP contribution in [-0.4, -0.2) is 29.4 Å². The number of rotatable bonds is 5. The van der Waals surface area contributed by atoms with E-state index in [1.54, 1.807) is 12.3 Å². The molecule has 8 nitrogen and oxygen atoms in total. The van der Waals surface area contributed by atoms with Crippen molar-refractivity contribution in [2.45, 2.75) is 19.9 Å². The van der Waals surface area contributed by atoms with Gasteiger partial charge in [0.25, 0.3) is 0 Å². The zero-order chi connectivity index (χ0) is 14.4. The smallest absolute Gasteiger partial charge is 0.337 e. The van der Waals surface area contributed by atoms with Crippen molar-refractivity contribution < 1.29 is 14.3 Å². The van der Waals surface area contributed by atoms with Crippen molar-refractivity contribution in [3.63, 3.8) is 0 Å². The van der Waals surface area contributed by atoms with E-state index in [1.807, 2.05) is 0 Å². The molecule has 0 aliphatic heterocycles. The molecule has 1 aromatic heterocycles. The summed E-state index contributed by atoms with van der Waals surface area (Å²) in [5.74, 6) is -1.10. The van der Waals surface area contributed by atoms with E-state index in [-0.39, 0.29) is 18.5 Å². The Morgan fingerprint density at radius 1 is 1.58 bits per heavy atom. The summed E-state index contributed by atoms with van der Waals surface area (Å²) in [6, 6.07) is -1.02. The number of carbonyl (C=O) groups is 2. The average molecular weight is 285 g/mol. The van der Waals surface area contributed by atoms with Gasteiger partial charge in [0.05, 0.1) is 12.3 Å². The standard InChI is InChI=1S/C10H15N5O3S/c1-3-18-8(17)7(15-9(11)12)6-4-19-10(14-6)13-5(2)16/h4,7H,3H2,1-2H3,(H4,11,12,15)(H,13,14,16). The lowest BCUT2D eigenvalue weighted by molar-refractivity contribution is -0.144. The number of nitrogens with two attached hydrogens (primary N) is 2. The van der Waals surface area contributed by atoms with E-state index in [2.05, 4.69) is 15.3 Å². The van der Waals surface area contributed by atoms with Gasteiger partial charge in [0, 0.05) is 12.3 Å². The molecule has 0 fully saturated rings. The number of aromatic nitrogens is 1. The van der Waals surface area contributed by atoms with Crippen LogP contribution in [0.5, 0.6) is 0 Å². The van der Waals surface area contributed by atoms with Gasteiger partial charge in [-0.25, -0.2) is 14.8 Å². The van der Waals surface area contributed by atoms with E-state index in [1.165, 1.54) is 18.3 Å². The normalized spacial score (nSPS) is 11.5. The number of thiazole rings is 1. The predicted octanol–water partition coefficient (Wildman–Crippen LogP) is -0.0209. The van der Waals surface area contributed by atoms with Gasteiger partial charge < -0.3 is 21.5 Å². The molecule has 0 aliphatic carbocycles. The monoisotopic (exact) mass is 285 g/mol. The van der Waals surface area contributed by atoms with Gasteiger partial charge in [0.1, 0.15) is 0 Å². The number of anilines is 1. The molecule has 0 saturated heterocycles. The second kappa shape index (κ2) is 6.69. The molecule has 1 heterocycles. The van der Waals surface area contributed by atoms with Crippen LogP contribution in [0.3, 0.4) is 0 Å². The molecule has 9 heteroatoms. The first-order valence-corrected chi connectivity index (χ1v) is 6.30. The molecule has 1 amide bonds. The van der Waals surface area contributed by atoms with Gasteiger partial charge >= 0.3 is 5.97 Å². The molecule has 0 saturated carbocycles. The summed E-state index contributed by atoms with van der Waals surface area (Å²) in [4.78, 5) is 30.5. The van der Waals surface area contributed by atoms with Crippen LogP contribution in [0.1, 0.15) is 25.6 Å². The highest BCUT2D eigenvalue weighted by Gasteiger charge is 2.24. The van der Waals surface area contributed by atoms with E-state index >= 15 is 0 Å². The highest BCUT2D eigenvalue weighted by atomic mass is 32.1. The zero-order valence-corrected chi connectivity index (χ0v) is 11.4. The number of hydrogen-bond acceptors (Lipinski definition) is 6. The molecule has 1 aromatic rings. The van der Waals surface area contributed by atoms with Gasteiger partial charge in [-0.05, 0) is 6.92 Å². The van der Waals surface area contributed by atoms with E-state index < -0.39 is 12.0 Å². The summed E-state index contributed by atoms with van der Waals surface area (Å²) < 4.78 is 4.87. The average Bonchev–Trinajstić information content (AvgIpc) is 2.73. The maximum atomic E-state index is 11.7. The molecule has 19 heavy (non-hydrogen) atoms. The minimum Gasteiger partial charge on any atom is -0.464 e.